The molecule has 5 atom stereocenters. The van der Waals surface area contributed by atoms with Gasteiger partial charge in [0.2, 0.25) is 0 Å². The van der Waals surface area contributed by atoms with Crippen molar-refractivity contribution < 1.29 is 4.42 Å². The van der Waals surface area contributed by atoms with Gasteiger partial charge in [0, 0.05) is 22.8 Å². The number of allylic oxidation sites excluding steroid dienone is 16. The molecule has 4 heteroatoms. The first-order valence-corrected chi connectivity index (χ1v) is 30.4. The fourth-order valence-electron chi connectivity index (χ4n) is 17.4. The van der Waals surface area contributed by atoms with Crippen LogP contribution in [0.1, 0.15) is 220 Å². The second-order valence-corrected chi connectivity index (χ2v) is 32.6. The Kier molecular flexibility index (Phi) is 11.4. The van der Waals surface area contributed by atoms with Gasteiger partial charge < -0.3 is 14.2 Å². The number of furan rings is 1. The maximum Gasteiger partial charge on any atom is 0.251 e. The largest absolute Gasteiger partial charge is 0.441 e. The van der Waals surface area contributed by atoms with Gasteiger partial charge in [-0.1, -0.05) is 183 Å². The molecule has 400 valence electrons. The number of rotatable bonds is 3. The summed E-state index contributed by atoms with van der Waals surface area (Å²) in [5, 5.41) is 0. The van der Waals surface area contributed by atoms with Crippen molar-refractivity contribution in [3.05, 3.63) is 133 Å². The average Bonchev–Trinajstić information content (AvgIpc) is 3.75. The number of nitrogens with zero attached hydrogens (tertiary/aromatic N) is 2. The quantitative estimate of drug-likeness (QED) is 0.281. The number of hydrogen-bond acceptors (Lipinski definition) is 3. The molecule has 0 amide bonds. The summed E-state index contributed by atoms with van der Waals surface area (Å²) in [7, 11) is 0. The van der Waals surface area contributed by atoms with Crippen molar-refractivity contribution in [1.29, 1.82) is 0 Å². The zero-order chi connectivity index (χ0) is 53.7. The van der Waals surface area contributed by atoms with Crippen LogP contribution in [-0.4, -0.2) is 17.7 Å². The van der Waals surface area contributed by atoms with E-state index in [1.54, 1.807) is 50.1 Å². The molecule has 2 aliphatic heterocycles. The first-order chi connectivity index (χ1) is 34.8. The molecule has 0 bridgehead atoms. The molecule has 3 fully saturated rings. The zero-order valence-corrected chi connectivity index (χ0v) is 50.7. The number of anilines is 1. The van der Waals surface area contributed by atoms with E-state index in [1.165, 1.54) is 72.2 Å². The minimum Gasteiger partial charge on any atom is -0.441 e. The van der Waals surface area contributed by atoms with Crippen LogP contribution in [0.15, 0.2) is 126 Å². The van der Waals surface area contributed by atoms with Crippen LogP contribution in [0.5, 0.6) is 0 Å². The van der Waals surface area contributed by atoms with Gasteiger partial charge in [0.15, 0.2) is 5.88 Å². The van der Waals surface area contributed by atoms with Crippen molar-refractivity contribution in [2.75, 3.05) is 4.90 Å². The molecule has 5 unspecified atom stereocenters. The lowest BCUT2D eigenvalue weighted by molar-refractivity contribution is 0.0325. The molecule has 0 spiro atoms. The first-order valence-electron chi connectivity index (χ1n) is 30.4. The van der Waals surface area contributed by atoms with E-state index in [1.807, 2.05) is 0 Å². The van der Waals surface area contributed by atoms with Gasteiger partial charge in [-0.25, -0.2) is 0 Å². The van der Waals surface area contributed by atoms with Gasteiger partial charge in [-0.3, -0.25) is 0 Å². The molecule has 0 saturated heterocycles. The molecule has 0 aromatic carbocycles. The van der Waals surface area contributed by atoms with Crippen LogP contribution < -0.4 is 10.4 Å². The van der Waals surface area contributed by atoms with Crippen LogP contribution in [0.3, 0.4) is 0 Å². The Labute approximate surface area is 456 Å². The molecule has 75 heavy (non-hydrogen) atoms. The van der Waals surface area contributed by atoms with Crippen molar-refractivity contribution in [2.24, 2.45) is 67.0 Å². The minimum absolute atomic E-state index is 0.0656. The van der Waals surface area contributed by atoms with Gasteiger partial charge in [0.25, 0.3) is 6.71 Å². The van der Waals surface area contributed by atoms with E-state index in [2.05, 4.69) is 196 Å². The molecule has 1 aromatic heterocycles. The van der Waals surface area contributed by atoms with Crippen LogP contribution in [0.4, 0.5) is 5.88 Å². The topological polar surface area (TPSA) is 19.6 Å². The Morgan fingerprint density at radius 3 is 1.83 bits per heavy atom. The van der Waals surface area contributed by atoms with Crippen LogP contribution in [0.25, 0.3) is 6.08 Å². The molecule has 3 nitrogen and oxygen atoms in total. The lowest BCUT2D eigenvalue weighted by Crippen LogP contribution is -2.59. The third-order valence-corrected chi connectivity index (χ3v) is 23.0. The predicted molar refractivity (Wildman–Crippen MR) is 319 cm³/mol. The van der Waals surface area contributed by atoms with Crippen molar-refractivity contribution in [3.63, 3.8) is 0 Å². The average molecular weight is 1010 g/mol. The Morgan fingerprint density at radius 1 is 0.600 bits per heavy atom. The highest BCUT2D eigenvalue weighted by Gasteiger charge is 2.57. The van der Waals surface area contributed by atoms with E-state index < -0.39 is 0 Å². The van der Waals surface area contributed by atoms with Gasteiger partial charge in [0.1, 0.15) is 5.76 Å². The Balaban J connectivity index is 1.16. The van der Waals surface area contributed by atoms with E-state index >= 15 is 0 Å². The Hall–Kier alpha value is -3.92. The molecule has 9 aliphatic carbocycles. The van der Waals surface area contributed by atoms with Gasteiger partial charge >= 0.3 is 0 Å². The molecular formula is C71H97BN2O. The summed E-state index contributed by atoms with van der Waals surface area (Å²) in [4.78, 5) is 5.75. The van der Waals surface area contributed by atoms with Crippen molar-refractivity contribution in [2.45, 2.75) is 221 Å². The molecular weight excluding hydrogens is 908 g/mol. The molecule has 3 heterocycles. The zero-order valence-electron chi connectivity index (χ0n) is 50.7. The first kappa shape index (κ1) is 51.8. The highest BCUT2D eigenvalue weighted by Crippen LogP contribution is 2.62. The van der Waals surface area contributed by atoms with Gasteiger partial charge in [-0.2, -0.15) is 0 Å². The fourth-order valence-corrected chi connectivity index (χ4v) is 17.4. The Morgan fingerprint density at radius 2 is 1.20 bits per heavy atom. The monoisotopic (exact) mass is 1000 g/mol. The summed E-state index contributed by atoms with van der Waals surface area (Å²) in [6.45, 7) is 47.9. The van der Waals surface area contributed by atoms with E-state index in [0.29, 0.717) is 23.7 Å². The molecule has 1 aromatic rings. The van der Waals surface area contributed by atoms with E-state index in [9.17, 15) is 0 Å². The lowest BCUT2D eigenvalue weighted by Gasteiger charge is -2.55. The van der Waals surface area contributed by atoms with Crippen LogP contribution in [0.2, 0.25) is 0 Å². The summed E-state index contributed by atoms with van der Waals surface area (Å²) in [6, 6.07) is 0.124. The molecule has 11 aliphatic rings. The highest BCUT2D eigenvalue weighted by molar-refractivity contribution is 6.89. The fraction of sp³-hybridized carbons (Fsp3) is 0.634. The minimum atomic E-state index is 0.0656. The number of fused-ring (bicyclic) bond motifs is 8. The SMILES string of the molecule is CC1=CC2=C3B(C4=C(CCC(C(C)(C)C)=C4)N2C2=C(C4=CC=C(C(C)(C)C)CC4)CC4C(=C2)C(C)(C)CCC4(C)C)c2c(oc4c2CC2C(=C4)C(C)(C)CCC2(C)C)N(C2=CC4C(C=C2)C(C)(C)CCC4(C)C)C3C1. The maximum atomic E-state index is 7.80. The number of hydrogen-bond donors (Lipinski definition) is 0. The second kappa shape index (κ2) is 16.6. The maximum absolute atomic E-state index is 7.80. The smallest absolute Gasteiger partial charge is 0.251 e. The second-order valence-electron chi connectivity index (χ2n) is 32.6. The van der Waals surface area contributed by atoms with E-state index in [0.717, 1.165) is 56.6 Å². The van der Waals surface area contributed by atoms with Crippen molar-refractivity contribution in [3.8, 4) is 0 Å². The molecule has 12 rings (SSSR count). The van der Waals surface area contributed by atoms with Gasteiger partial charge in [-0.05, 0) is 215 Å². The van der Waals surface area contributed by atoms with E-state index in [4.69, 9.17) is 4.42 Å². The van der Waals surface area contributed by atoms with Crippen LogP contribution in [0, 0.1) is 67.0 Å². The van der Waals surface area contributed by atoms with Crippen LogP contribution >= 0.6 is 0 Å². The summed E-state index contributed by atoms with van der Waals surface area (Å²) in [5.41, 5.74) is 24.5. The van der Waals surface area contributed by atoms with Gasteiger partial charge in [0.05, 0.1) is 6.04 Å². The highest BCUT2D eigenvalue weighted by atomic mass is 16.4. The summed E-state index contributed by atoms with van der Waals surface area (Å²) < 4.78 is 7.80. The standard InChI is InChI=1S/C71H97BN2O/c1-42-34-58-62-59(35-42)74(57-40-53-51(68(12,13)30-32-70(53,16)17)38-47(57)43-20-22-44(23-21-43)64(2,3)4)56-27-24-45(65(5,6)7)36-55(56)72(62)61-48-39-52-54(71(18,19)33-31-69(52,14)15)41-60(48)75-63(61)73(58)46-25-26-49-50(37-46)67(10,11)29-28-66(49,8)9/h20,22,25-26,35-37,40-41,49-52,58H,21,23-24,27-34,38-39H2,1-19H3. The Bertz CT molecular complexity index is 3030. The van der Waals surface area contributed by atoms with Gasteiger partial charge in [-0.15, -0.1) is 0 Å². The predicted octanol–water partition coefficient (Wildman–Crippen LogP) is 18.9. The van der Waals surface area contributed by atoms with Crippen molar-refractivity contribution >= 4 is 24.1 Å². The molecule has 0 radical (unpaired) electrons. The van der Waals surface area contributed by atoms with Crippen LogP contribution in [-0.2, 0) is 6.42 Å². The third-order valence-electron chi connectivity index (χ3n) is 23.0. The lowest BCUT2D eigenvalue weighted by atomic mass is 9.30. The normalized spacial score (nSPS) is 31.7. The summed E-state index contributed by atoms with van der Waals surface area (Å²) in [6.07, 6.45) is 39.0. The molecule has 0 N–H and O–H groups in total. The molecule has 3 saturated carbocycles. The van der Waals surface area contributed by atoms with Crippen molar-refractivity contribution in [1.82, 2.24) is 4.90 Å². The summed E-state index contributed by atoms with van der Waals surface area (Å²) >= 11 is 0. The third kappa shape index (κ3) is 8.03. The summed E-state index contributed by atoms with van der Waals surface area (Å²) in [5.74, 6) is 4.26. The van der Waals surface area contributed by atoms with E-state index in [-0.39, 0.29) is 56.1 Å².